The molecule has 0 aliphatic carbocycles. The van der Waals surface area contributed by atoms with Crippen molar-refractivity contribution in [2.75, 3.05) is 6.61 Å². The molecule has 1 aliphatic heterocycles. The first-order chi connectivity index (χ1) is 7.88. The molecule has 0 aromatic heterocycles. The summed E-state index contributed by atoms with van der Waals surface area (Å²) in [5.74, 6) is -0.762. The van der Waals surface area contributed by atoms with Gasteiger partial charge in [0.25, 0.3) is 0 Å². The molecule has 1 rings (SSSR count). The largest absolute Gasteiger partial charge is 0.394 e. The van der Waals surface area contributed by atoms with Crippen molar-refractivity contribution in [3.8, 4) is 0 Å². The fourth-order valence-electron chi connectivity index (χ4n) is 1.45. The maximum Gasteiger partial charge on any atom is 0.246 e. The van der Waals surface area contributed by atoms with Gasteiger partial charge in [-0.2, -0.15) is 0 Å². The minimum absolute atomic E-state index is 0.560. The van der Waals surface area contributed by atoms with Crippen LogP contribution >= 0.6 is 0 Å². The van der Waals surface area contributed by atoms with Gasteiger partial charge in [0, 0.05) is 0 Å². The number of hydrogen-bond donors (Lipinski definition) is 5. The van der Waals surface area contributed by atoms with E-state index in [0.717, 1.165) is 0 Å². The fourth-order valence-corrected chi connectivity index (χ4v) is 1.45. The Morgan fingerprint density at radius 2 is 1.94 bits per heavy atom. The van der Waals surface area contributed by atoms with Crippen LogP contribution in [0.1, 0.15) is 6.92 Å². The molecule has 6 atom stereocenters. The lowest BCUT2D eigenvalue weighted by Gasteiger charge is -2.40. The van der Waals surface area contributed by atoms with Crippen molar-refractivity contribution in [3.63, 3.8) is 0 Å². The first-order valence-electron chi connectivity index (χ1n) is 5.13. The number of carbonyl (C=O) groups excluding carboxylic acids is 1. The van der Waals surface area contributed by atoms with Crippen molar-refractivity contribution >= 4 is 5.91 Å². The van der Waals surface area contributed by atoms with Gasteiger partial charge >= 0.3 is 0 Å². The third-order valence-electron chi connectivity index (χ3n) is 2.59. The zero-order valence-corrected chi connectivity index (χ0v) is 9.26. The van der Waals surface area contributed by atoms with E-state index in [-0.39, 0.29) is 0 Å². The predicted molar refractivity (Wildman–Crippen MR) is 53.5 cm³/mol. The summed E-state index contributed by atoms with van der Waals surface area (Å²) in [5.41, 5.74) is 4.97. The fraction of sp³-hybridized carbons (Fsp3) is 0.889. The zero-order chi connectivity index (χ0) is 13.2. The summed E-state index contributed by atoms with van der Waals surface area (Å²) in [6.45, 7) is 0.791. The zero-order valence-electron chi connectivity index (χ0n) is 9.26. The molecule has 3 unspecified atom stereocenters. The van der Waals surface area contributed by atoms with E-state index in [1.807, 2.05) is 0 Å². The van der Waals surface area contributed by atoms with E-state index >= 15 is 0 Å². The molecule has 0 spiro atoms. The summed E-state index contributed by atoms with van der Waals surface area (Å²) in [4.78, 5) is 10.8. The lowest BCUT2D eigenvalue weighted by Crippen LogP contribution is -2.60. The van der Waals surface area contributed by atoms with Crippen LogP contribution < -0.4 is 5.73 Å². The minimum atomic E-state index is -1.54. The Morgan fingerprint density at radius 1 is 1.35 bits per heavy atom. The van der Waals surface area contributed by atoms with Gasteiger partial charge in [-0.05, 0) is 6.92 Å². The van der Waals surface area contributed by atoms with Crippen LogP contribution in [0.2, 0.25) is 0 Å². The van der Waals surface area contributed by atoms with Crippen molar-refractivity contribution < 1.29 is 34.7 Å². The highest BCUT2D eigenvalue weighted by Crippen LogP contribution is 2.22. The van der Waals surface area contributed by atoms with Crippen LogP contribution in [0.25, 0.3) is 0 Å². The van der Waals surface area contributed by atoms with E-state index in [0.29, 0.717) is 0 Å². The molecule has 0 radical (unpaired) electrons. The summed E-state index contributed by atoms with van der Waals surface area (Å²) in [6.07, 6.45) is -7.97. The molecular formula is C9H17NO7. The summed E-state index contributed by atoms with van der Waals surface area (Å²) < 4.78 is 10.00. The van der Waals surface area contributed by atoms with Gasteiger partial charge in [-0.25, -0.2) is 0 Å². The van der Waals surface area contributed by atoms with Crippen LogP contribution in [0.5, 0.6) is 0 Å². The van der Waals surface area contributed by atoms with E-state index in [2.05, 4.69) is 0 Å². The smallest absolute Gasteiger partial charge is 0.246 e. The summed E-state index contributed by atoms with van der Waals surface area (Å²) >= 11 is 0. The number of rotatable bonds is 4. The Labute approximate surface area is 97.6 Å². The molecule has 0 aromatic carbocycles. The van der Waals surface area contributed by atoms with Gasteiger partial charge in [0.05, 0.1) is 6.61 Å². The lowest BCUT2D eigenvalue weighted by atomic mass is 9.99. The summed E-state index contributed by atoms with van der Waals surface area (Å²) in [7, 11) is 0. The van der Waals surface area contributed by atoms with Crippen molar-refractivity contribution in [1.29, 1.82) is 0 Å². The van der Waals surface area contributed by atoms with Gasteiger partial charge < -0.3 is 35.6 Å². The van der Waals surface area contributed by atoms with Crippen molar-refractivity contribution in [3.05, 3.63) is 0 Å². The Hall–Kier alpha value is -0.770. The van der Waals surface area contributed by atoms with Gasteiger partial charge in [0.2, 0.25) is 5.91 Å². The van der Waals surface area contributed by atoms with Gasteiger partial charge in [0.15, 0.2) is 6.29 Å². The van der Waals surface area contributed by atoms with Crippen LogP contribution in [-0.2, 0) is 14.3 Å². The molecule has 17 heavy (non-hydrogen) atoms. The number of amides is 1. The molecule has 0 saturated carbocycles. The number of primary amides is 1. The Balaban J connectivity index is 2.68. The summed E-state index contributed by atoms with van der Waals surface area (Å²) in [5, 5.41) is 37.4. The maximum absolute atomic E-state index is 10.8. The number of aliphatic hydroxyl groups excluding tert-OH is 4. The topological polar surface area (TPSA) is 142 Å². The Morgan fingerprint density at radius 3 is 2.41 bits per heavy atom. The summed E-state index contributed by atoms with van der Waals surface area (Å²) in [6, 6.07) is 0. The van der Waals surface area contributed by atoms with E-state index in [1.165, 1.54) is 6.92 Å². The standard InChI is InChI=1S/C9H17NO7/c1-3(8(10)15)16-9-7(14)6(13)5(12)4(2-11)17-9/h3-7,9,11-14H,2H2,1H3,(H2,10,15)/t3?,4?,5-,6-,7?,9+/m0/s1. The van der Waals surface area contributed by atoms with Crippen molar-refractivity contribution in [2.45, 2.75) is 43.7 Å². The average Bonchev–Trinajstić information content (AvgIpc) is 2.29. The monoisotopic (exact) mass is 251 g/mol. The SMILES string of the molecule is CC(O[C@@H]1OC(CO)[C@H](O)[C@H](O)C1O)C(N)=O. The molecule has 100 valence electrons. The number of carbonyl (C=O) groups is 1. The third kappa shape index (κ3) is 3.12. The van der Waals surface area contributed by atoms with Gasteiger partial charge in [-0.15, -0.1) is 0 Å². The van der Waals surface area contributed by atoms with Crippen molar-refractivity contribution in [2.24, 2.45) is 5.73 Å². The molecule has 1 aliphatic rings. The molecule has 8 nitrogen and oxygen atoms in total. The Bertz CT molecular complexity index is 272. The molecule has 0 bridgehead atoms. The molecular weight excluding hydrogens is 234 g/mol. The van der Waals surface area contributed by atoms with Gasteiger partial charge in [0.1, 0.15) is 30.5 Å². The Kier molecular flexibility index (Phi) is 4.80. The third-order valence-corrected chi connectivity index (χ3v) is 2.59. The molecule has 1 heterocycles. The molecule has 6 N–H and O–H groups in total. The van der Waals surface area contributed by atoms with Crippen LogP contribution in [0, 0.1) is 0 Å². The van der Waals surface area contributed by atoms with Crippen LogP contribution in [0.4, 0.5) is 0 Å². The van der Waals surface area contributed by atoms with E-state index < -0.39 is 49.3 Å². The lowest BCUT2D eigenvalue weighted by molar-refractivity contribution is -0.307. The van der Waals surface area contributed by atoms with Crippen LogP contribution in [0.3, 0.4) is 0 Å². The molecule has 1 saturated heterocycles. The second kappa shape index (κ2) is 5.71. The number of ether oxygens (including phenoxy) is 2. The number of aliphatic hydroxyl groups is 4. The molecule has 1 amide bonds. The first kappa shape index (κ1) is 14.3. The van der Waals surface area contributed by atoms with Gasteiger partial charge in [-0.3, -0.25) is 4.79 Å². The normalized spacial score (nSPS) is 39.9. The first-order valence-corrected chi connectivity index (χ1v) is 5.13. The van der Waals surface area contributed by atoms with E-state index in [9.17, 15) is 20.1 Å². The van der Waals surface area contributed by atoms with Crippen molar-refractivity contribution in [1.82, 2.24) is 0 Å². The second-order valence-electron chi connectivity index (χ2n) is 3.88. The minimum Gasteiger partial charge on any atom is -0.394 e. The average molecular weight is 251 g/mol. The number of hydrogen-bond acceptors (Lipinski definition) is 7. The highest BCUT2D eigenvalue weighted by Gasteiger charge is 2.44. The maximum atomic E-state index is 10.8. The highest BCUT2D eigenvalue weighted by molar-refractivity contribution is 5.78. The van der Waals surface area contributed by atoms with Crippen LogP contribution in [-0.4, -0.2) is 69.8 Å². The van der Waals surface area contributed by atoms with Crippen LogP contribution in [0.15, 0.2) is 0 Å². The second-order valence-corrected chi connectivity index (χ2v) is 3.88. The number of nitrogens with two attached hydrogens (primary N) is 1. The predicted octanol–water partition coefficient (Wildman–Crippen LogP) is -3.32. The molecule has 0 aromatic rings. The van der Waals surface area contributed by atoms with E-state index in [4.69, 9.17) is 20.3 Å². The molecule has 1 fully saturated rings. The van der Waals surface area contributed by atoms with E-state index in [1.54, 1.807) is 0 Å². The molecule has 8 heteroatoms. The van der Waals surface area contributed by atoms with Gasteiger partial charge in [-0.1, -0.05) is 0 Å². The highest BCUT2D eigenvalue weighted by atomic mass is 16.7. The quantitative estimate of drug-likeness (QED) is 0.352.